The molecule has 0 heterocycles. The van der Waals surface area contributed by atoms with Crippen molar-refractivity contribution in [3.05, 3.63) is 63.6 Å². The predicted octanol–water partition coefficient (Wildman–Crippen LogP) is 5.12. The Hall–Kier alpha value is -0.680. The van der Waals surface area contributed by atoms with E-state index in [0.717, 1.165) is 53.0 Å². The van der Waals surface area contributed by atoms with Crippen molar-refractivity contribution in [2.75, 3.05) is 20.1 Å². The highest BCUT2D eigenvalue weighted by Crippen LogP contribution is 2.24. The van der Waals surface area contributed by atoms with Gasteiger partial charge in [-0.2, -0.15) is 0 Å². The second-order valence-corrected chi connectivity index (χ2v) is 6.17. The number of ether oxygens (including phenoxy) is 1. The Balaban J connectivity index is 0.00000288. The van der Waals surface area contributed by atoms with E-state index in [9.17, 15) is 0 Å². The molecule has 140 valence electrons. The fraction of sp³-hybridized carbons (Fsp3) is 0.333. The molecule has 0 saturated carbocycles. The largest absolute Gasteiger partial charge is 0.489 e. The molecular formula is C18H24Cl4N2O. The average Bonchev–Trinajstić information content (AvgIpc) is 2.55. The van der Waals surface area contributed by atoms with Gasteiger partial charge in [0.25, 0.3) is 0 Å². The number of benzene rings is 2. The van der Waals surface area contributed by atoms with Gasteiger partial charge in [-0.3, -0.25) is 0 Å². The number of halogens is 4. The van der Waals surface area contributed by atoms with Crippen LogP contribution in [-0.2, 0) is 13.2 Å². The van der Waals surface area contributed by atoms with Gasteiger partial charge in [0.2, 0.25) is 0 Å². The molecule has 2 N–H and O–H groups in total. The number of hydrogen-bond acceptors (Lipinski definition) is 3. The fourth-order valence-corrected chi connectivity index (χ4v) is 2.50. The van der Waals surface area contributed by atoms with E-state index in [1.54, 1.807) is 0 Å². The molecule has 0 fully saturated rings. The molecule has 0 bridgehead atoms. The Bertz CT molecular complexity index is 609. The molecule has 25 heavy (non-hydrogen) atoms. The van der Waals surface area contributed by atoms with E-state index >= 15 is 0 Å². The molecule has 3 nitrogen and oxygen atoms in total. The maximum absolute atomic E-state index is 6.11. The summed E-state index contributed by atoms with van der Waals surface area (Å²) in [6.07, 6.45) is 1.08. The molecule has 0 unspecified atom stereocenters. The molecule has 0 spiro atoms. The lowest BCUT2D eigenvalue weighted by Gasteiger charge is -2.13. The van der Waals surface area contributed by atoms with Gasteiger partial charge in [-0.25, -0.2) is 0 Å². The average molecular weight is 426 g/mol. The topological polar surface area (TPSA) is 33.3 Å². The van der Waals surface area contributed by atoms with E-state index in [4.69, 9.17) is 27.9 Å². The predicted molar refractivity (Wildman–Crippen MR) is 112 cm³/mol. The fourth-order valence-electron chi connectivity index (χ4n) is 2.18. The van der Waals surface area contributed by atoms with Crippen molar-refractivity contribution in [3.63, 3.8) is 0 Å². The molecular weight excluding hydrogens is 402 g/mol. The molecule has 0 amide bonds. The minimum Gasteiger partial charge on any atom is -0.489 e. The molecule has 0 radical (unpaired) electrons. The van der Waals surface area contributed by atoms with E-state index in [1.165, 1.54) is 0 Å². The quantitative estimate of drug-likeness (QED) is 0.547. The van der Waals surface area contributed by atoms with Crippen LogP contribution in [-0.4, -0.2) is 20.1 Å². The minimum absolute atomic E-state index is 0. The van der Waals surface area contributed by atoms with Crippen LogP contribution in [0.15, 0.2) is 42.5 Å². The van der Waals surface area contributed by atoms with E-state index in [-0.39, 0.29) is 24.8 Å². The second-order valence-electron chi connectivity index (χ2n) is 5.30. The third-order valence-electron chi connectivity index (χ3n) is 3.43. The van der Waals surface area contributed by atoms with Crippen LogP contribution in [0.3, 0.4) is 0 Å². The van der Waals surface area contributed by atoms with Crippen LogP contribution in [0.4, 0.5) is 0 Å². The molecule has 0 aliphatic carbocycles. The zero-order valence-electron chi connectivity index (χ0n) is 14.1. The molecule has 0 saturated heterocycles. The Kier molecular flexibility index (Phi) is 13.1. The highest BCUT2D eigenvalue weighted by atomic mass is 35.5. The van der Waals surface area contributed by atoms with Crippen LogP contribution in [0.5, 0.6) is 5.75 Å². The smallest absolute Gasteiger partial charge is 0.124 e. The summed E-state index contributed by atoms with van der Waals surface area (Å²) in [4.78, 5) is 0. The van der Waals surface area contributed by atoms with Gasteiger partial charge >= 0.3 is 0 Å². The van der Waals surface area contributed by atoms with Crippen molar-refractivity contribution >= 4 is 48.0 Å². The summed E-state index contributed by atoms with van der Waals surface area (Å²) in [7, 11) is 1.96. The summed E-state index contributed by atoms with van der Waals surface area (Å²) < 4.78 is 5.94. The minimum atomic E-state index is 0. The number of rotatable bonds is 9. The zero-order chi connectivity index (χ0) is 16.5. The Morgan fingerprint density at radius 2 is 1.60 bits per heavy atom. The molecule has 2 aromatic rings. The number of nitrogens with one attached hydrogen (secondary N) is 2. The summed E-state index contributed by atoms with van der Waals surface area (Å²) in [5.41, 5.74) is 2.15. The standard InChI is InChI=1S/C18H22Cl2N2O.2ClH/c1-21-9-2-10-22-12-15-11-17(20)7-8-18(15)23-13-14-3-5-16(19)6-4-14;;/h3-8,11,21-22H,2,9-10,12-13H2,1H3;2*1H. The van der Waals surface area contributed by atoms with E-state index < -0.39 is 0 Å². The first kappa shape index (κ1) is 24.3. The maximum Gasteiger partial charge on any atom is 0.124 e. The molecule has 2 rings (SSSR count). The second kappa shape index (κ2) is 13.5. The summed E-state index contributed by atoms with van der Waals surface area (Å²) >= 11 is 12.0. The van der Waals surface area contributed by atoms with Gasteiger partial charge in [0.1, 0.15) is 12.4 Å². The summed E-state index contributed by atoms with van der Waals surface area (Å²) in [5.74, 6) is 0.852. The van der Waals surface area contributed by atoms with Gasteiger partial charge in [0, 0.05) is 22.2 Å². The van der Waals surface area contributed by atoms with E-state index in [0.29, 0.717) is 6.61 Å². The lowest BCUT2D eigenvalue weighted by molar-refractivity contribution is 0.302. The lowest BCUT2D eigenvalue weighted by atomic mass is 10.2. The number of hydrogen-bond donors (Lipinski definition) is 2. The lowest BCUT2D eigenvalue weighted by Crippen LogP contribution is -2.19. The highest BCUT2D eigenvalue weighted by Gasteiger charge is 2.05. The van der Waals surface area contributed by atoms with E-state index in [1.807, 2.05) is 49.5 Å². The molecule has 7 heteroatoms. The van der Waals surface area contributed by atoms with Crippen LogP contribution in [0, 0.1) is 0 Å². The van der Waals surface area contributed by atoms with Crippen molar-refractivity contribution in [2.45, 2.75) is 19.6 Å². The van der Waals surface area contributed by atoms with Crippen LogP contribution in [0.1, 0.15) is 17.5 Å². The molecule has 0 aliphatic heterocycles. The van der Waals surface area contributed by atoms with Gasteiger partial charge in [0.15, 0.2) is 0 Å². The summed E-state index contributed by atoms with van der Waals surface area (Å²) in [5, 5.41) is 7.99. The molecule has 0 atom stereocenters. The van der Waals surface area contributed by atoms with Crippen LogP contribution < -0.4 is 15.4 Å². The van der Waals surface area contributed by atoms with Crippen molar-refractivity contribution in [1.82, 2.24) is 10.6 Å². The van der Waals surface area contributed by atoms with Crippen molar-refractivity contribution in [1.29, 1.82) is 0 Å². The van der Waals surface area contributed by atoms with Crippen LogP contribution in [0.25, 0.3) is 0 Å². The van der Waals surface area contributed by atoms with Gasteiger partial charge in [-0.05, 0) is 62.5 Å². The van der Waals surface area contributed by atoms with Crippen molar-refractivity contribution in [2.24, 2.45) is 0 Å². The normalized spacial score (nSPS) is 9.88. The van der Waals surface area contributed by atoms with Gasteiger partial charge in [-0.15, -0.1) is 24.8 Å². The van der Waals surface area contributed by atoms with Crippen LogP contribution in [0.2, 0.25) is 10.0 Å². The maximum atomic E-state index is 6.11. The highest BCUT2D eigenvalue weighted by molar-refractivity contribution is 6.30. The zero-order valence-corrected chi connectivity index (χ0v) is 17.2. The summed E-state index contributed by atoms with van der Waals surface area (Å²) in [6.45, 7) is 3.19. The Morgan fingerprint density at radius 3 is 2.28 bits per heavy atom. The first-order valence-electron chi connectivity index (χ1n) is 7.70. The third-order valence-corrected chi connectivity index (χ3v) is 3.91. The van der Waals surface area contributed by atoms with Gasteiger partial charge in [0.05, 0.1) is 0 Å². The van der Waals surface area contributed by atoms with Crippen molar-refractivity contribution in [3.8, 4) is 5.75 Å². The first-order chi connectivity index (χ1) is 11.2. The van der Waals surface area contributed by atoms with Crippen molar-refractivity contribution < 1.29 is 4.74 Å². The van der Waals surface area contributed by atoms with Crippen LogP contribution >= 0.6 is 48.0 Å². The van der Waals surface area contributed by atoms with Gasteiger partial charge in [-0.1, -0.05) is 35.3 Å². The van der Waals surface area contributed by atoms with E-state index in [2.05, 4.69) is 10.6 Å². The monoisotopic (exact) mass is 424 g/mol. The third kappa shape index (κ3) is 9.00. The molecule has 2 aromatic carbocycles. The van der Waals surface area contributed by atoms with Gasteiger partial charge < -0.3 is 15.4 Å². The first-order valence-corrected chi connectivity index (χ1v) is 8.45. The Labute approximate surface area is 172 Å². The SMILES string of the molecule is CNCCCNCc1cc(Cl)ccc1OCc1ccc(Cl)cc1.Cl.Cl. The molecule has 0 aliphatic rings. The Morgan fingerprint density at radius 1 is 0.920 bits per heavy atom. The molecule has 0 aromatic heterocycles. The summed E-state index contributed by atoms with van der Waals surface area (Å²) in [6, 6.07) is 13.4.